The first kappa shape index (κ1) is 36.0. The van der Waals surface area contributed by atoms with Gasteiger partial charge in [-0.15, -0.1) is 0 Å². The highest BCUT2D eigenvalue weighted by Crippen LogP contribution is 2.38. The average molecular weight is 696 g/mol. The van der Waals surface area contributed by atoms with Crippen molar-refractivity contribution in [2.75, 3.05) is 52.9 Å². The molecule has 4 aliphatic rings. The first-order chi connectivity index (χ1) is 23.5. The Bertz CT molecular complexity index is 1580. The molecule has 2 amide bonds. The van der Waals surface area contributed by atoms with Gasteiger partial charge in [-0.1, -0.05) is 52.4 Å². The Balaban J connectivity index is 1.13. The first-order valence-electron chi connectivity index (χ1n) is 18.7. The van der Waals surface area contributed by atoms with Gasteiger partial charge in [-0.3, -0.25) is 14.5 Å². The summed E-state index contributed by atoms with van der Waals surface area (Å²) in [5, 5.41) is 8.12. The Kier molecular flexibility index (Phi) is 10.9. The van der Waals surface area contributed by atoms with E-state index in [1.807, 2.05) is 35.7 Å². The van der Waals surface area contributed by atoms with Crippen LogP contribution in [0.1, 0.15) is 88.6 Å². The van der Waals surface area contributed by atoms with Crippen molar-refractivity contribution >= 4 is 21.8 Å². The van der Waals surface area contributed by atoms with E-state index in [0.717, 1.165) is 74.5 Å². The molecular formula is C37H57N7O4S. The van der Waals surface area contributed by atoms with Crippen LogP contribution in [0.3, 0.4) is 0 Å². The average Bonchev–Trinajstić information content (AvgIpc) is 3.39. The number of hydrogen-bond acceptors (Lipinski definition) is 7. The summed E-state index contributed by atoms with van der Waals surface area (Å²) in [6.07, 6.45) is 9.12. The third kappa shape index (κ3) is 7.07. The quantitative estimate of drug-likeness (QED) is 0.399. The zero-order valence-corrected chi connectivity index (χ0v) is 31.1. The van der Waals surface area contributed by atoms with Crippen molar-refractivity contribution in [2.45, 2.75) is 109 Å². The Labute approximate surface area is 293 Å². The van der Waals surface area contributed by atoms with Gasteiger partial charge in [0.15, 0.2) is 0 Å². The van der Waals surface area contributed by atoms with Crippen molar-refractivity contribution in [1.82, 2.24) is 34.1 Å². The van der Waals surface area contributed by atoms with Gasteiger partial charge in [0, 0.05) is 63.6 Å². The lowest BCUT2D eigenvalue weighted by Crippen LogP contribution is -2.74. The number of hydrogen-bond donors (Lipinski definition) is 1. The van der Waals surface area contributed by atoms with Gasteiger partial charge in [-0.2, -0.15) is 9.40 Å². The number of carbonyl (C=O) groups is 2. The van der Waals surface area contributed by atoms with E-state index in [4.69, 9.17) is 5.10 Å². The van der Waals surface area contributed by atoms with E-state index in [9.17, 15) is 18.0 Å². The summed E-state index contributed by atoms with van der Waals surface area (Å²) in [7, 11) is -1.53. The Morgan fingerprint density at radius 2 is 1.61 bits per heavy atom. The molecule has 0 bridgehead atoms. The summed E-state index contributed by atoms with van der Waals surface area (Å²) in [5.41, 5.74) is 3.12. The minimum Gasteiger partial charge on any atom is -0.342 e. The van der Waals surface area contributed by atoms with Crippen LogP contribution < -0.4 is 5.32 Å². The van der Waals surface area contributed by atoms with E-state index in [1.165, 1.54) is 19.3 Å². The van der Waals surface area contributed by atoms with E-state index < -0.39 is 21.6 Å². The summed E-state index contributed by atoms with van der Waals surface area (Å²) in [5.74, 6) is 0.800. The minimum absolute atomic E-state index is 0.0359. The van der Waals surface area contributed by atoms with Crippen molar-refractivity contribution in [3.05, 3.63) is 41.2 Å². The number of nitrogens with zero attached hydrogens (tertiary/aromatic N) is 6. The molecule has 270 valence electrons. The number of unbranched alkanes of at least 4 members (excludes halogenated alkanes) is 1. The number of nitrogens with one attached hydrogen (secondary N) is 1. The van der Waals surface area contributed by atoms with E-state index in [2.05, 4.69) is 35.9 Å². The molecule has 1 saturated carbocycles. The number of piperidine rings is 1. The van der Waals surface area contributed by atoms with Gasteiger partial charge < -0.3 is 15.1 Å². The van der Waals surface area contributed by atoms with Crippen molar-refractivity contribution in [3.63, 3.8) is 0 Å². The van der Waals surface area contributed by atoms with Crippen LogP contribution in [0, 0.1) is 25.7 Å². The van der Waals surface area contributed by atoms with Crippen molar-refractivity contribution in [3.8, 4) is 5.69 Å². The monoisotopic (exact) mass is 695 g/mol. The molecule has 12 heteroatoms. The summed E-state index contributed by atoms with van der Waals surface area (Å²) in [6.45, 7) is 13.6. The maximum atomic E-state index is 14.2. The molecule has 4 fully saturated rings. The highest BCUT2D eigenvalue weighted by atomic mass is 32.2. The molecule has 2 atom stereocenters. The predicted molar refractivity (Wildman–Crippen MR) is 191 cm³/mol. The molecule has 1 aromatic carbocycles. The maximum Gasteiger partial charge on any atom is 0.246 e. The molecule has 1 aromatic heterocycles. The largest absolute Gasteiger partial charge is 0.342 e. The zero-order valence-electron chi connectivity index (χ0n) is 30.3. The minimum atomic E-state index is -3.54. The number of piperazine rings is 2. The Morgan fingerprint density at radius 3 is 2.24 bits per heavy atom. The lowest BCUT2D eigenvalue weighted by molar-refractivity contribution is -0.163. The molecule has 49 heavy (non-hydrogen) atoms. The second-order valence-corrected chi connectivity index (χ2v) is 17.1. The van der Waals surface area contributed by atoms with Gasteiger partial charge in [-0.25, -0.2) is 13.1 Å². The number of aryl methyl sites for hydroxylation is 1. The fraction of sp³-hybridized carbons (Fsp3) is 0.703. The summed E-state index contributed by atoms with van der Waals surface area (Å²) < 4.78 is 30.0. The first-order valence-corrected chi connectivity index (χ1v) is 20.1. The molecule has 6 rings (SSSR count). The summed E-state index contributed by atoms with van der Waals surface area (Å²) in [4.78, 5) is 35.0. The normalized spacial score (nSPS) is 24.0. The van der Waals surface area contributed by atoms with E-state index >= 15 is 0 Å². The lowest BCUT2D eigenvalue weighted by atomic mass is 9.74. The van der Waals surface area contributed by atoms with Crippen LogP contribution in [0.4, 0.5) is 0 Å². The SMILES string of the molecule is CCCCN1C(=O)[C@@H]([C@H](C)C2CCCCC2)NC(=O)C12CCN(Cc1c(C)nn(-c3ccc(S(=O)(=O)N4CCN(C)CC4)cc3)c1C)CC2. The number of amides is 2. The Hall–Kier alpha value is -2.80. The number of rotatable bonds is 10. The van der Waals surface area contributed by atoms with Crippen LogP contribution >= 0.6 is 0 Å². The molecule has 4 heterocycles. The molecule has 3 aliphatic heterocycles. The fourth-order valence-corrected chi connectivity index (χ4v) is 10.1. The van der Waals surface area contributed by atoms with Gasteiger partial charge in [0.25, 0.3) is 0 Å². The van der Waals surface area contributed by atoms with E-state index in [1.54, 1.807) is 16.4 Å². The van der Waals surface area contributed by atoms with Gasteiger partial charge in [0.2, 0.25) is 21.8 Å². The maximum absolute atomic E-state index is 14.2. The number of likely N-dealkylation sites (tertiary alicyclic amines) is 1. The van der Waals surface area contributed by atoms with Crippen LogP contribution in [0.2, 0.25) is 0 Å². The van der Waals surface area contributed by atoms with Gasteiger partial charge >= 0.3 is 0 Å². The van der Waals surface area contributed by atoms with Gasteiger partial charge in [0.05, 0.1) is 16.3 Å². The molecule has 1 aliphatic carbocycles. The van der Waals surface area contributed by atoms with E-state index in [-0.39, 0.29) is 17.7 Å². The topological polar surface area (TPSA) is 111 Å². The zero-order chi connectivity index (χ0) is 34.9. The summed E-state index contributed by atoms with van der Waals surface area (Å²) in [6, 6.07) is 6.62. The second kappa shape index (κ2) is 14.8. The Morgan fingerprint density at radius 1 is 0.959 bits per heavy atom. The highest BCUT2D eigenvalue weighted by molar-refractivity contribution is 7.89. The van der Waals surface area contributed by atoms with Crippen LogP contribution in [-0.2, 0) is 26.2 Å². The number of carbonyl (C=O) groups excluding carboxylic acids is 2. The van der Waals surface area contributed by atoms with Crippen LogP contribution in [0.25, 0.3) is 5.69 Å². The molecule has 0 radical (unpaired) electrons. The van der Waals surface area contributed by atoms with Crippen molar-refractivity contribution in [1.29, 1.82) is 0 Å². The van der Waals surface area contributed by atoms with Gasteiger partial charge in [0.1, 0.15) is 11.6 Å². The van der Waals surface area contributed by atoms with Crippen LogP contribution in [-0.4, -0.2) is 113 Å². The molecule has 11 nitrogen and oxygen atoms in total. The molecule has 2 aromatic rings. The number of benzene rings is 1. The standard InChI is InChI=1S/C37H57N7O4S/c1-6-7-19-43-35(45)34(27(2)30-11-9-8-10-12-30)38-36(46)37(43)17-20-41(21-18-37)26-33-28(3)39-44(29(33)4)31-13-15-32(16-14-31)49(47,48)42-24-22-40(5)23-25-42/h13-16,27,30,34H,6-12,17-26H2,1-5H3,(H,38,46)/t27-,34-/m1/s1. The molecule has 1 N–H and O–H groups in total. The number of sulfonamides is 1. The van der Waals surface area contributed by atoms with Crippen LogP contribution in [0.15, 0.2) is 29.2 Å². The molecule has 0 unspecified atom stereocenters. The van der Waals surface area contributed by atoms with E-state index in [0.29, 0.717) is 49.8 Å². The highest BCUT2D eigenvalue weighted by Gasteiger charge is 2.54. The predicted octanol–water partition coefficient (Wildman–Crippen LogP) is 4.10. The molecule has 1 spiro atoms. The van der Waals surface area contributed by atoms with Crippen LogP contribution in [0.5, 0.6) is 0 Å². The smallest absolute Gasteiger partial charge is 0.246 e. The fourth-order valence-electron chi connectivity index (χ4n) is 8.66. The van der Waals surface area contributed by atoms with Crippen molar-refractivity contribution < 1.29 is 18.0 Å². The third-order valence-corrected chi connectivity index (χ3v) is 14.0. The number of likely N-dealkylation sites (N-methyl/N-ethyl adjacent to an activating group) is 1. The molecular weight excluding hydrogens is 639 g/mol. The van der Waals surface area contributed by atoms with Crippen molar-refractivity contribution in [2.24, 2.45) is 11.8 Å². The lowest BCUT2D eigenvalue weighted by Gasteiger charge is -2.53. The number of aromatic nitrogens is 2. The molecule has 3 saturated heterocycles. The third-order valence-electron chi connectivity index (χ3n) is 12.1. The second-order valence-electron chi connectivity index (χ2n) is 15.1. The van der Waals surface area contributed by atoms with Gasteiger partial charge in [-0.05, 0) is 76.3 Å². The summed E-state index contributed by atoms with van der Waals surface area (Å²) >= 11 is 0.